The fraction of sp³-hybridized carbons (Fsp3) is 0.333. The van der Waals surface area contributed by atoms with Crippen LogP contribution in [0.3, 0.4) is 0 Å². The largest absolute Gasteiger partial charge is 0.481 e. The van der Waals surface area contributed by atoms with Crippen molar-refractivity contribution in [2.24, 2.45) is 5.73 Å². The summed E-state index contributed by atoms with van der Waals surface area (Å²) in [7, 11) is 1.20. The van der Waals surface area contributed by atoms with Gasteiger partial charge < -0.3 is 10.5 Å². The molecule has 0 bridgehead atoms. The maximum Gasteiger partial charge on any atom is 0.269 e. The Kier molecular flexibility index (Phi) is 3.18. The minimum atomic E-state index is -2.85. The molecule has 6 heteroatoms. The second kappa shape index (κ2) is 4.20. The van der Waals surface area contributed by atoms with Crippen LogP contribution in [0.25, 0.3) is 0 Å². The quantitative estimate of drug-likeness (QED) is 0.831. The van der Waals surface area contributed by atoms with Crippen LogP contribution in [0.1, 0.15) is 27.9 Å². The van der Waals surface area contributed by atoms with E-state index in [9.17, 15) is 13.6 Å². The third kappa shape index (κ3) is 2.03. The van der Waals surface area contributed by atoms with Gasteiger partial charge in [-0.15, -0.1) is 0 Å². The van der Waals surface area contributed by atoms with E-state index in [2.05, 4.69) is 9.72 Å². The average Bonchev–Trinajstić information content (AvgIpc) is 2.16. The normalized spacial score (nSPS) is 10.5. The highest BCUT2D eigenvalue weighted by Gasteiger charge is 2.24. The molecule has 0 saturated heterocycles. The number of aromatic nitrogens is 1. The van der Waals surface area contributed by atoms with Gasteiger partial charge in [-0.25, -0.2) is 13.8 Å². The highest BCUT2D eigenvalue weighted by molar-refractivity contribution is 5.96. The first-order valence-electron chi connectivity index (χ1n) is 4.10. The maximum absolute atomic E-state index is 12.7. The van der Waals surface area contributed by atoms with Gasteiger partial charge in [-0.05, 0) is 12.5 Å². The molecule has 0 radical (unpaired) electrons. The van der Waals surface area contributed by atoms with Crippen LogP contribution in [0.15, 0.2) is 6.20 Å². The van der Waals surface area contributed by atoms with Crippen molar-refractivity contribution in [2.45, 2.75) is 13.3 Å². The van der Waals surface area contributed by atoms with Crippen molar-refractivity contribution in [3.05, 3.63) is 22.9 Å². The van der Waals surface area contributed by atoms with Crippen molar-refractivity contribution in [1.29, 1.82) is 0 Å². The average molecular weight is 216 g/mol. The molecule has 4 nitrogen and oxygen atoms in total. The Morgan fingerprint density at radius 2 is 2.20 bits per heavy atom. The lowest BCUT2D eigenvalue weighted by molar-refractivity contribution is 0.0982. The molecule has 1 aromatic rings. The number of hydrogen-bond acceptors (Lipinski definition) is 3. The Bertz CT molecular complexity index is 394. The van der Waals surface area contributed by atoms with Gasteiger partial charge >= 0.3 is 0 Å². The van der Waals surface area contributed by atoms with Crippen molar-refractivity contribution in [3.63, 3.8) is 0 Å². The van der Waals surface area contributed by atoms with Gasteiger partial charge in [0.1, 0.15) is 0 Å². The molecule has 0 aromatic carbocycles. The Morgan fingerprint density at radius 1 is 1.60 bits per heavy atom. The molecule has 0 atom stereocenters. The predicted octanol–water partition coefficient (Wildman–Crippen LogP) is 1.44. The summed E-state index contributed by atoms with van der Waals surface area (Å²) >= 11 is 0. The van der Waals surface area contributed by atoms with E-state index in [1.807, 2.05) is 0 Å². The van der Waals surface area contributed by atoms with Gasteiger partial charge in [0, 0.05) is 6.20 Å². The number of aryl methyl sites for hydroxylation is 1. The smallest absolute Gasteiger partial charge is 0.269 e. The molecule has 0 saturated carbocycles. The van der Waals surface area contributed by atoms with Gasteiger partial charge in [-0.2, -0.15) is 0 Å². The lowest BCUT2D eigenvalue weighted by Gasteiger charge is -2.12. The molecule has 2 N–H and O–H groups in total. The third-order valence-electron chi connectivity index (χ3n) is 1.93. The van der Waals surface area contributed by atoms with Crippen molar-refractivity contribution < 1.29 is 18.3 Å². The van der Waals surface area contributed by atoms with Crippen LogP contribution in [-0.4, -0.2) is 18.0 Å². The van der Waals surface area contributed by atoms with Crippen LogP contribution in [0.2, 0.25) is 0 Å². The van der Waals surface area contributed by atoms with Crippen LogP contribution in [0.4, 0.5) is 8.78 Å². The maximum atomic E-state index is 12.7. The van der Waals surface area contributed by atoms with Crippen LogP contribution in [0.5, 0.6) is 5.88 Å². The van der Waals surface area contributed by atoms with E-state index >= 15 is 0 Å². The molecule has 1 rings (SSSR count). The molecule has 15 heavy (non-hydrogen) atoms. The number of amides is 1. The number of ether oxygens (including phenoxy) is 1. The number of alkyl halides is 2. The van der Waals surface area contributed by atoms with Crippen molar-refractivity contribution in [3.8, 4) is 5.88 Å². The molecule has 0 unspecified atom stereocenters. The molecule has 1 aromatic heterocycles. The lowest BCUT2D eigenvalue weighted by Crippen LogP contribution is -2.17. The molecule has 0 fully saturated rings. The molecule has 0 aliphatic heterocycles. The molecule has 1 heterocycles. The van der Waals surface area contributed by atoms with Crippen LogP contribution < -0.4 is 10.5 Å². The summed E-state index contributed by atoms with van der Waals surface area (Å²) < 4.78 is 30.0. The van der Waals surface area contributed by atoms with Gasteiger partial charge in [-0.3, -0.25) is 4.79 Å². The topological polar surface area (TPSA) is 65.2 Å². The van der Waals surface area contributed by atoms with Gasteiger partial charge in [-0.1, -0.05) is 0 Å². The van der Waals surface area contributed by atoms with E-state index in [0.29, 0.717) is 5.56 Å². The lowest BCUT2D eigenvalue weighted by atomic mass is 10.0. The molecule has 82 valence electrons. The number of nitrogens with two attached hydrogens (primary N) is 1. The SMILES string of the molecule is COc1ncc(C)c(C(N)=O)c1C(F)F. The van der Waals surface area contributed by atoms with Gasteiger partial charge in [0.05, 0.1) is 18.2 Å². The summed E-state index contributed by atoms with van der Waals surface area (Å²) in [5.41, 5.74) is 4.55. The Morgan fingerprint density at radius 3 is 2.60 bits per heavy atom. The number of primary amides is 1. The van der Waals surface area contributed by atoms with E-state index in [1.54, 1.807) is 0 Å². The Balaban J connectivity index is 3.51. The first kappa shape index (κ1) is 11.4. The van der Waals surface area contributed by atoms with E-state index in [-0.39, 0.29) is 11.4 Å². The molecule has 0 aliphatic carbocycles. The molecular weight excluding hydrogens is 206 g/mol. The molecule has 0 spiro atoms. The summed E-state index contributed by atoms with van der Waals surface area (Å²) in [6.45, 7) is 1.48. The highest BCUT2D eigenvalue weighted by Crippen LogP contribution is 2.31. The number of halogens is 2. The second-order valence-electron chi connectivity index (χ2n) is 2.90. The number of methoxy groups -OCH3 is 1. The first-order chi connectivity index (χ1) is 6.99. The summed E-state index contributed by atoms with van der Waals surface area (Å²) in [6.07, 6.45) is -1.58. The van der Waals surface area contributed by atoms with Crippen LogP contribution in [0, 0.1) is 6.92 Å². The summed E-state index contributed by atoms with van der Waals surface area (Å²) in [6, 6.07) is 0. The first-order valence-corrected chi connectivity index (χ1v) is 4.10. The highest BCUT2D eigenvalue weighted by atomic mass is 19.3. The number of nitrogens with zero attached hydrogens (tertiary/aromatic N) is 1. The summed E-state index contributed by atoms with van der Waals surface area (Å²) in [5.74, 6) is -1.19. The number of hydrogen-bond donors (Lipinski definition) is 1. The minimum absolute atomic E-state index is 0.225. The molecule has 1 amide bonds. The Hall–Kier alpha value is -1.72. The number of carbonyl (C=O) groups is 1. The van der Waals surface area contributed by atoms with E-state index < -0.39 is 17.9 Å². The van der Waals surface area contributed by atoms with Crippen molar-refractivity contribution in [1.82, 2.24) is 4.98 Å². The van der Waals surface area contributed by atoms with E-state index in [4.69, 9.17) is 5.73 Å². The van der Waals surface area contributed by atoms with Gasteiger partial charge in [0.2, 0.25) is 11.8 Å². The number of pyridine rings is 1. The third-order valence-corrected chi connectivity index (χ3v) is 1.93. The number of carbonyl (C=O) groups excluding carboxylic acids is 1. The number of rotatable bonds is 3. The zero-order valence-electron chi connectivity index (χ0n) is 8.25. The second-order valence-corrected chi connectivity index (χ2v) is 2.90. The zero-order chi connectivity index (χ0) is 11.6. The molecule has 0 aliphatic rings. The van der Waals surface area contributed by atoms with Gasteiger partial charge in [0.25, 0.3) is 6.43 Å². The molecular formula is C9H10F2N2O2. The summed E-state index contributed by atoms with van der Waals surface area (Å²) in [4.78, 5) is 14.7. The standard InChI is InChI=1S/C9H10F2N2O2/c1-4-3-13-9(15-2)6(7(10)11)5(4)8(12)14/h3,7H,1-2H3,(H2,12,14). The van der Waals surface area contributed by atoms with Crippen LogP contribution >= 0.6 is 0 Å². The zero-order valence-corrected chi connectivity index (χ0v) is 8.25. The predicted molar refractivity (Wildman–Crippen MR) is 49.0 cm³/mol. The van der Waals surface area contributed by atoms with E-state index in [1.165, 1.54) is 20.2 Å². The minimum Gasteiger partial charge on any atom is -0.481 e. The van der Waals surface area contributed by atoms with Crippen molar-refractivity contribution in [2.75, 3.05) is 7.11 Å². The van der Waals surface area contributed by atoms with Crippen molar-refractivity contribution >= 4 is 5.91 Å². The van der Waals surface area contributed by atoms with Gasteiger partial charge in [0.15, 0.2) is 0 Å². The van der Waals surface area contributed by atoms with Crippen LogP contribution in [-0.2, 0) is 0 Å². The van der Waals surface area contributed by atoms with E-state index in [0.717, 1.165) is 0 Å². The monoisotopic (exact) mass is 216 g/mol. The Labute approximate surface area is 85.1 Å². The fourth-order valence-electron chi connectivity index (χ4n) is 1.30. The fourth-order valence-corrected chi connectivity index (χ4v) is 1.30. The summed E-state index contributed by atoms with van der Waals surface area (Å²) in [5, 5.41) is 0.